The van der Waals surface area contributed by atoms with E-state index in [0.717, 1.165) is 35.5 Å². The summed E-state index contributed by atoms with van der Waals surface area (Å²) in [4.78, 5) is 0. The van der Waals surface area contributed by atoms with Gasteiger partial charge in [-0.2, -0.15) is 0 Å². The Hall–Kier alpha value is 2.10. The molecular weight excluding hydrogens is 528 g/mol. The molecule has 0 rings (SSSR count). The zero-order chi connectivity index (χ0) is 23.6. The first-order valence-corrected chi connectivity index (χ1v) is 19.3. The molecule has 184 valence electrons. The fourth-order valence-electron chi connectivity index (χ4n) is 3.55. The summed E-state index contributed by atoms with van der Waals surface area (Å²) in [5, 5.41) is 0. The molecule has 0 bridgehead atoms. The predicted octanol–water partition coefficient (Wildman–Crippen LogP) is 10.2. The van der Waals surface area contributed by atoms with Gasteiger partial charge in [0, 0.05) is 0 Å². The van der Waals surface area contributed by atoms with Crippen molar-refractivity contribution in [1.82, 2.24) is 0 Å². The number of hydrogen-bond acceptors (Lipinski definition) is 0. The molecular formula is C24H54Cl2P2Pd. The Kier molecular flexibility index (Phi) is 28.6. The topological polar surface area (TPSA) is 0 Å². The van der Waals surface area contributed by atoms with Crippen molar-refractivity contribution < 1.29 is 15.9 Å². The Morgan fingerprint density at radius 3 is 0.586 bits per heavy atom. The molecule has 5 heteroatoms. The molecule has 29 heavy (non-hydrogen) atoms. The van der Waals surface area contributed by atoms with Crippen molar-refractivity contribution in [3.63, 3.8) is 0 Å². The van der Waals surface area contributed by atoms with Gasteiger partial charge in [-0.05, 0) is 72.5 Å². The molecule has 0 unspecified atom stereocenters. The van der Waals surface area contributed by atoms with Crippen molar-refractivity contribution in [2.75, 3.05) is 37.0 Å². The second-order valence-electron chi connectivity index (χ2n) is 10.8. The van der Waals surface area contributed by atoms with E-state index in [0.29, 0.717) is 15.8 Å². The molecule has 0 aromatic rings. The molecule has 0 saturated heterocycles. The fourth-order valence-corrected chi connectivity index (χ4v) is 10.6. The van der Waals surface area contributed by atoms with Gasteiger partial charge in [-0.1, -0.05) is 83.1 Å². The first kappa shape index (κ1) is 35.7. The van der Waals surface area contributed by atoms with Crippen LogP contribution >= 0.6 is 34.9 Å². The van der Waals surface area contributed by atoms with E-state index in [1.165, 1.54) is 37.0 Å². The van der Waals surface area contributed by atoms with Gasteiger partial charge in [-0.3, -0.25) is 0 Å². The molecule has 0 amide bonds. The summed E-state index contributed by atoms with van der Waals surface area (Å²) >= 11 is -0.106. The molecule has 0 spiro atoms. The van der Waals surface area contributed by atoms with E-state index in [1.54, 1.807) is 0 Å². The van der Waals surface area contributed by atoms with Crippen LogP contribution in [0.15, 0.2) is 0 Å². The minimum atomic E-state index is -0.106. The monoisotopic (exact) mass is 580 g/mol. The van der Waals surface area contributed by atoms with E-state index in [1.807, 2.05) is 0 Å². The average Bonchev–Trinajstić information content (AvgIpc) is 2.43. The van der Waals surface area contributed by atoms with Crippen LogP contribution in [-0.2, 0) is 15.9 Å². The second kappa shape index (κ2) is 23.3. The Balaban J connectivity index is -0.000000410. The van der Waals surface area contributed by atoms with E-state index in [2.05, 4.69) is 83.1 Å². The van der Waals surface area contributed by atoms with E-state index >= 15 is 0 Å². The van der Waals surface area contributed by atoms with Gasteiger partial charge in [-0.15, -0.1) is 15.8 Å². The Morgan fingerprint density at radius 1 is 0.414 bits per heavy atom. The summed E-state index contributed by atoms with van der Waals surface area (Å²) in [6.07, 6.45) is 8.87. The standard InChI is InChI=1S/2C12H27P.2ClH.Pd/c2*1-10(2)7-13(8-11(3)4)9-12(5)6;;;/h2*10-12H,7-9H2,1-6H3;2*1H;/q;;;;+2/p-2. The van der Waals surface area contributed by atoms with Crippen LogP contribution in [0.3, 0.4) is 0 Å². The van der Waals surface area contributed by atoms with Crippen molar-refractivity contribution >= 4 is 34.9 Å². The SMILES string of the molecule is CC(C)CP(CC(C)C)CC(C)C.CC(C)CP(CC(C)C)CC(C)C.[Cl][Pd][Cl]. The normalized spacial score (nSPS) is 11.9. The van der Waals surface area contributed by atoms with Gasteiger partial charge in [0.25, 0.3) is 0 Å². The van der Waals surface area contributed by atoms with E-state index in [9.17, 15) is 0 Å². The maximum atomic E-state index is 4.81. The Labute approximate surface area is 205 Å². The van der Waals surface area contributed by atoms with Crippen LogP contribution in [-0.4, -0.2) is 37.0 Å². The van der Waals surface area contributed by atoms with Crippen molar-refractivity contribution in [1.29, 1.82) is 0 Å². The third-order valence-electron chi connectivity index (χ3n) is 3.74. The summed E-state index contributed by atoms with van der Waals surface area (Å²) in [7, 11) is 10.3. The average molecular weight is 582 g/mol. The van der Waals surface area contributed by atoms with Crippen LogP contribution < -0.4 is 0 Å². The molecule has 0 aliphatic carbocycles. The molecule has 0 radical (unpaired) electrons. The van der Waals surface area contributed by atoms with Gasteiger partial charge in [0.15, 0.2) is 0 Å². The molecule has 0 nitrogen and oxygen atoms in total. The summed E-state index contributed by atoms with van der Waals surface area (Å²) in [6, 6.07) is 0. The Morgan fingerprint density at radius 2 is 0.517 bits per heavy atom. The van der Waals surface area contributed by atoms with E-state index < -0.39 is 0 Å². The van der Waals surface area contributed by atoms with Crippen LogP contribution in [0, 0.1) is 35.5 Å². The van der Waals surface area contributed by atoms with Gasteiger partial charge in [0.05, 0.1) is 0 Å². The second-order valence-corrected chi connectivity index (χ2v) is 18.1. The molecule has 0 fully saturated rings. The molecule has 0 aromatic heterocycles. The summed E-state index contributed by atoms with van der Waals surface area (Å²) in [5.74, 6) is 5.35. The number of rotatable bonds is 12. The van der Waals surface area contributed by atoms with Gasteiger partial charge in [0.1, 0.15) is 0 Å². The van der Waals surface area contributed by atoms with Crippen LogP contribution in [0.1, 0.15) is 83.1 Å². The first-order chi connectivity index (χ1) is 13.2. The molecule has 0 atom stereocenters. The zero-order valence-corrected chi connectivity index (χ0v) is 26.5. The first-order valence-electron chi connectivity index (χ1n) is 11.5. The van der Waals surface area contributed by atoms with E-state index in [-0.39, 0.29) is 15.9 Å². The van der Waals surface area contributed by atoms with Gasteiger partial charge in [-0.25, -0.2) is 0 Å². The molecule has 0 aliphatic rings. The Bertz CT molecular complexity index is 244. The summed E-state index contributed by atoms with van der Waals surface area (Å²) in [6.45, 7) is 28.3. The zero-order valence-electron chi connectivity index (χ0n) is 21.7. The van der Waals surface area contributed by atoms with Crippen LogP contribution in [0.5, 0.6) is 0 Å². The summed E-state index contributed by atoms with van der Waals surface area (Å²) in [5.41, 5.74) is 0. The van der Waals surface area contributed by atoms with Crippen molar-refractivity contribution in [2.24, 2.45) is 35.5 Å². The molecule has 0 aliphatic heterocycles. The molecule has 0 N–H and O–H groups in total. The van der Waals surface area contributed by atoms with E-state index in [4.69, 9.17) is 19.1 Å². The van der Waals surface area contributed by atoms with Gasteiger partial charge < -0.3 is 0 Å². The maximum absolute atomic E-state index is 4.81. The third kappa shape index (κ3) is 34.9. The van der Waals surface area contributed by atoms with Crippen molar-refractivity contribution in [3.8, 4) is 0 Å². The van der Waals surface area contributed by atoms with Crippen molar-refractivity contribution in [2.45, 2.75) is 83.1 Å². The molecule has 0 heterocycles. The minimum absolute atomic E-state index is 0.106. The quantitative estimate of drug-likeness (QED) is 0.159. The van der Waals surface area contributed by atoms with Crippen LogP contribution in [0.25, 0.3) is 0 Å². The fraction of sp³-hybridized carbons (Fsp3) is 1.00. The van der Waals surface area contributed by atoms with Crippen LogP contribution in [0.2, 0.25) is 0 Å². The van der Waals surface area contributed by atoms with Gasteiger partial charge in [0.2, 0.25) is 0 Å². The number of halogens is 2. The summed E-state index contributed by atoms with van der Waals surface area (Å²) < 4.78 is 0. The molecule has 0 saturated carbocycles. The number of hydrogen-bond donors (Lipinski definition) is 0. The molecule has 0 aromatic carbocycles. The third-order valence-corrected chi connectivity index (χ3v) is 11.2. The van der Waals surface area contributed by atoms with Gasteiger partial charge >= 0.3 is 35.0 Å². The predicted molar refractivity (Wildman–Crippen MR) is 144 cm³/mol. The van der Waals surface area contributed by atoms with Crippen LogP contribution in [0.4, 0.5) is 0 Å². The van der Waals surface area contributed by atoms with Crippen molar-refractivity contribution in [3.05, 3.63) is 0 Å².